The van der Waals surface area contributed by atoms with E-state index in [1.807, 2.05) is 0 Å². The van der Waals surface area contributed by atoms with Crippen LogP contribution in [0.15, 0.2) is 53.6 Å². The highest BCUT2D eigenvalue weighted by Crippen LogP contribution is 2.27. The molecule has 172 valence electrons. The van der Waals surface area contributed by atoms with Crippen LogP contribution in [0.2, 0.25) is 0 Å². The Morgan fingerprint density at radius 2 is 1.82 bits per heavy atom. The minimum absolute atomic E-state index is 0.155. The second-order valence-electron chi connectivity index (χ2n) is 7.63. The second-order valence-corrected chi connectivity index (χ2v) is 9.57. The van der Waals surface area contributed by atoms with Crippen LogP contribution in [0.4, 0.5) is 11.4 Å². The summed E-state index contributed by atoms with van der Waals surface area (Å²) in [6.45, 7) is 2.94. The number of ether oxygens (including phenoxy) is 1. The van der Waals surface area contributed by atoms with Gasteiger partial charge in [-0.2, -0.15) is 4.31 Å². The summed E-state index contributed by atoms with van der Waals surface area (Å²) in [6.07, 6.45) is 3.07. The van der Waals surface area contributed by atoms with Gasteiger partial charge in [0.05, 0.1) is 22.7 Å². The first-order chi connectivity index (χ1) is 15.8. The molecule has 1 aromatic heterocycles. The molecule has 2 aromatic carbocycles. The number of aromatic nitrogens is 1. The van der Waals surface area contributed by atoms with Crippen LogP contribution >= 0.6 is 0 Å². The van der Waals surface area contributed by atoms with Crippen molar-refractivity contribution in [3.05, 3.63) is 59.8 Å². The highest BCUT2D eigenvalue weighted by atomic mass is 32.2. The van der Waals surface area contributed by atoms with Crippen LogP contribution in [0.3, 0.4) is 0 Å². The van der Waals surface area contributed by atoms with Gasteiger partial charge in [-0.1, -0.05) is 0 Å². The summed E-state index contributed by atoms with van der Waals surface area (Å²) in [6, 6.07) is 10.8. The van der Waals surface area contributed by atoms with Crippen LogP contribution in [-0.4, -0.2) is 49.3 Å². The lowest BCUT2D eigenvalue weighted by Gasteiger charge is -2.15. The molecule has 33 heavy (non-hydrogen) atoms. The quantitative estimate of drug-likeness (QED) is 0.532. The third-order valence-electron chi connectivity index (χ3n) is 5.48. The fraction of sp³-hybridized carbons (Fsp3) is 0.261. The summed E-state index contributed by atoms with van der Waals surface area (Å²) >= 11 is 0. The van der Waals surface area contributed by atoms with Gasteiger partial charge in [-0.3, -0.25) is 9.78 Å². The number of nitrogens with two attached hydrogens (primary N) is 1. The summed E-state index contributed by atoms with van der Waals surface area (Å²) in [4.78, 5) is 29.2. The minimum Gasteiger partial charge on any atom is -0.462 e. The van der Waals surface area contributed by atoms with Gasteiger partial charge in [0, 0.05) is 35.9 Å². The van der Waals surface area contributed by atoms with Gasteiger partial charge >= 0.3 is 5.97 Å². The molecule has 1 saturated heterocycles. The number of nitrogens with zero attached hydrogens (tertiary/aromatic N) is 2. The maximum Gasteiger partial charge on any atom is 0.341 e. The molecule has 0 spiro atoms. The molecule has 3 aromatic rings. The normalized spacial score (nSPS) is 14.3. The number of hydrogen-bond acceptors (Lipinski definition) is 7. The van der Waals surface area contributed by atoms with E-state index in [1.54, 1.807) is 25.1 Å². The molecular formula is C23H24N4O5S. The van der Waals surface area contributed by atoms with Gasteiger partial charge in [0.15, 0.2) is 0 Å². The molecule has 4 rings (SSSR count). The summed E-state index contributed by atoms with van der Waals surface area (Å²) in [5, 5.41) is 3.27. The van der Waals surface area contributed by atoms with E-state index in [-0.39, 0.29) is 22.8 Å². The van der Waals surface area contributed by atoms with Crippen molar-refractivity contribution in [3.63, 3.8) is 0 Å². The molecule has 1 aliphatic rings. The van der Waals surface area contributed by atoms with E-state index in [0.29, 0.717) is 35.2 Å². The van der Waals surface area contributed by atoms with Crippen LogP contribution in [0.25, 0.3) is 10.9 Å². The molecule has 0 atom stereocenters. The van der Waals surface area contributed by atoms with Crippen molar-refractivity contribution >= 4 is 44.2 Å². The molecule has 3 N–H and O–H groups in total. The van der Waals surface area contributed by atoms with Gasteiger partial charge in [-0.15, -0.1) is 0 Å². The Morgan fingerprint density at radius 3 is 2.48 bits per heavy atom. The lowest BCUT2D eigenvalue weighted by molar-refractivity contribution is 0.0527. The number of fused-ring (bicyclic) bond motifs is 1. The van der Waals surface area contributed by atoms with Crippen LogP contribution in [0.5, 0.6) is 0 Å². The fourth-order valence-electron chi connectivity index (χ4n) is 3.72. The van der Waals surface area contributed by atoms with Gasteiger partial charge in [-0.25, -0.2) is 13.2 Å². The molecule has 0 aliphatic carbocycles. The zero-order valence-corrected chi connectivity index (χ0v) is 18.9. The molecule has 0 bridgehead atoms. The molecule has 0 radical (unpaired) electrons. The first kappa shape index (κ1) is 22.7. The lowest BCUT2D eigenvalue weighted by atomic mass is 10.1. The number of hydrogen-bond donors (Lipinski definition) is 2. The van der Waals surface area contributed by atoms with Crippen molar-refractivity contribution in [2.24, 2.45) is 0 Å². The van der Waals surface area contributed by atoms with Crippen molar-refractivity contribution in [2.75, 3.05) is 30.7 Å². The largest absolute Gasteiger partial charge is 0.462 e. The van der Waals surface area contributed by atoms with Crippen LogP contribution in [0.1, 0.15) is 40.5 Å². The number of rotatable bonds is 6. The number of esters is 1. The monoisotopic (exact) mass is 468 g/mol. The SMILES string of the molecule is CCOC(=O)c1cnc2ccc(NC(=O)c3ccc(S(=O)(=O)N4CCCC4)cc3)cc2c1N. The van der Waals surface area contributed by atoms with Crippen LogP contribution in [-0.2, 0) is 14.8 Å². The van der Waals surface area contributed by atoms with E-state index in [0.717, 1.165) is 12.8 Å². The maximum absolute atomic E-state index is 12.7. The summed E-state index contributed by atoms with van der Waals surface area (Å²) < 4.78 is 31.8. The fourth-order valence-corrected chi connectivity index (χ4v) is 5.24. The predicted molar refractivity (Wildman–Crippen MR) is 124 cm³/mol. The van der Waals surface area contributed by atoms with Gasteiger partial charge in [0.1, 0.15) is 5.56 Å². The molecular weight excluding hydrogens is 444 g/mol. The van der Waals surface area contributed by atoms with Crippen molar-refractivity contribution in [2.45, 2.75) is 24.7 Å². The Morgan fingerprint density at radius 1 is 1.12 bits per heavy atom. The number of carbonyl (C=O) groups excluding carboxylic acids is 2. The Labute approximate surface area is 191 Å². The van der Waals surface area contributed by atoms with Gasteiger partial charge in [0.2, 0.25) is 10.0 Å². The number of nitrogens with one attached hydrogen (secondary N) is 1. The molecule has 1 fully saturated rings. The smallest absolute Gasteiger partial charge is 0.341 e. The lowest BCUT2D eigenvalue weighted by Crippen LogP contribution is -2.27. The molecule has 10 heteroatoms. The Hall–Kier alpha value is -3.50. The molecule has 1 amide bonds. The number of anilines is 2. The van der Waals surface area contributed by atoms with Crippen LogP contribution < -0.4 is 11.1 Å². The van der Waals surface area contributed by atoms with Crippen molar-refractivity contribution in [1.82, 2.24) is 9.29 Å². The Kier molecular flexibility index (Phi) is 6.30. The Bertz CT molecular complexity index is 1320. The number of carbonyl (C=O) groups is 2. The average molecular weight is 469 g/mol. The maximum atomic E-state index is 12.7. The second kappa shape index (κ2) is 9.16. The molecule has 9 nitrogen and oxygen atoms in total. The summed E-state index contributed by atoms with van der Waals surface area (Å²) in [5.41, 5.74) is 7.85. The number of benzene rings is 2. The van der Waals surface area contributed by atoms with E-state index in [9.17, 15) is 18.0 Å². The number of pyridine rings is 1. The van der Waals surface area contributed by atoms with Crippen LogP contribution in [0, 0.1) is 0 Å². The third-order valence-corrected chi connectivity index (χ3v) is 7.40. The van der Waals surface area contributed by atoms with E-state index < -0.39 is 21.9 Å². The highest BCUT2D eigenvalue weighted by molar-refractivity contribution is 7.89. The number of sulfonamides is 1. The Balaban J connectivity index is 1.55. The summed E-state index contributed by atoms with van der Waals surface area (Å²) in [5.74, 6) is -0.977. The number of amides is 1. The first-order valence-electron chi connectivity index (χ1n) is 10.6. The zero-order valence-electron chi connectivity index (χ0n) is 18.1. The summed E-state index contributed by atoms with van der Waals surface area (Å²) in [7, 11) is -3.54. The highest BCUT2D eigenvalue weighted by Gasteiger charge is 2.27. The predicted octanol–water partition coefficient (Wildman–Crippen LogP) is 3.03. The van der Waals surface area contributed by atoms with E-state index in [2.05, 4.69) is 10.3 Å². The van der Waals surface area contributed by atoms with E-state index >= 15 is 0 Å². The van der Waals surface area contributed by atoms with Crippen molar-refractivity contribution in [1.29, 1.82) is 0 Å². The van der Waals surface area contributed by atoms with Gasteiger partial charge in [0.25, 0.3) is 5.91 Å². The van der Waals surface area contributed by atoms with Crippen molar-refractivity contribution in [3.8, 4) is 0 Å². The first-order valence-corrected chi connectivity index (χ1v) is 12.0. The zero-order chi connectivity index (χ0) is 23.6. The average Bonchev–Trinajstić information content (AvgIpc) is 3.36. The van der Waals surface area contributed by atoms with Crippen molar-refractivity contribution < 1.29 is 22.7 Å². The molecule has 0 saturated carbocycles. The standard InChI is InChI=1S/C23H24N4O5S/c1-2-32-23(29)19-14-25-20-10-7-16(13-18(20)21(19)24)26-22(28)15-5-8-17(9-6-15)33(30,31)27-11-3-4-12-27/h5-10,13-14H,2-4,11-12H2,1H3,(H2,24,25)(H,26,28). The molecule has 2 heterocycles. The third kappa shape index (κ3) is 4.53. The minimum atomic E-state index is -3.54. The molecule has 1 aliphatic heterocycles. The number of nitrogen functional groups attached to an aromatic ring is 1. The topological polar surface area (TPSA) is 132 Å². The molecule has 0 unspecified atom stereocenters. The van der Waals surface area contributed by atoms with Gasteiger partial charge in [-0.05, 0) is 62.2 Å². The van der Waals surface area contributed by atoms with Gasteiger partial charge < -0.3 is 15.8 Å². The van der Waals surface area contributed by atoms with E-state index in [1.165, 1.54) is 34.8 Å². The van der Waals surface area contributed by atoms with E-state index in [4.69, 9.17) is 10.5 Å².